The number of carbonyl (C=O) groups excluding carboxylic acids is 2. The van der Waals surface area contributed by atoms with E-state index >= 15 is 0 Å². The number of hydrogen-bond acceptors (Lipinski definition) is 6. The fraction of sp³-hybridized carbons (Fsp3) is 0.125. The Morgan fingerprint density at radius 2 is 2.00 bits per heavy atom. The summed E-state index contributed by atoms with van der Waals surface area (Å²) in [4.78, 5) is 40.2. The highest BCUT2D eigenvalue weighted by Crippen LogP contribution is 2.03. The Morgan fingerprint density at radius 3 is 2.72 bits per heavy atom. The van der Waals surface area contributed by atoms with Crippen molar-refractivity contribution in [2.75, 3.05) is 6.54 Å². The molecule has 0 atom stereocenters. The number of benzene rings is 1. The summed E-state index contributed by atoms with van der Waals surface area (Å²) < 4.78 is 2.04. The van der Waals surface area contributed by atoms with Crippen LogP contribution in [-0.2, 0) is 6.54 Å². The third kappa shape index (κ3) is 3.13. The summed E-state index contributed by atoms with van der Waals surface area (Å²) in [5.41, 5.74) is -0.189. The van der Waals surface area contributed by atoms with Gasteiger partial charge in [-0.05, 0) is 0 Å². The molecule has 0 saturated carbocycles. The van der Waals surface area contributed by atoms with Gasteiger partial charge in [-0.2, -0.15) is 4.68 Å². The van der Waals surface area contributed by atoms with E-state index in [4.69, 9.17) is 6.42 Å². The first-order valence-corrected chi connectivity index (χ1v) is 7.22. The second kappa shape index (κ2) is 6.76. The van der Waals surface area contributed by atoms with Gasteiger partial charge in [0.25, 0.3) is 5.91 Å². The number of amides is 1. The van der Waals surface area contributed by atoms with Gasteiger partial charge in [0.2, 0.25) is 0 Å². The zero-order chi connectivity index (χ0) is 17.8. The van der Waals surface area contributed by atoms with Gasteiger partial charge in [-0.25, -0.2) is 14.2 Å². The first-order chi connectivity index (χ1) is 12.1. The molecule has 2 heterocycles. The van der Waals surface area contributed by atoms with Gasteiger partial charge in [0.15, 0.2) is 17.1 Å². The van der Waals surface area contributed by atoms with Crippen LogP contribution in [0.4, 0.5) is 0 Å². The standard InChI is InChI=1S/C16H12N6O3/c1-2-8-22-16(25)21-10-18-13(14(21)19-20-22)15(24)17-9-12(23)11-6-4-3-5-7-11/h1,3-7,10H,8-9H2,(H,17,24). The molecule has 0 unspecified atom stereocenters. The maximum Gasteiger partial charge on any atom is 0.353 e. The molecule has 0 radical (unpaired) electrons. The topological polar surface area (TPSA) is 111 Å². The molecule has 0 fully saturated rings. The largest absolute Gasteiger partial charge is 0.353 e. The average Bonchev–Trinajstić information content (AvgIpc) is 3.07. The molecule has 0 bridgehead atoms. The summed E-state index contributed by atoms with van der Waals surface area (Å²) in [5, 5.41) is 9.92. The number of fused-ring (bicyclic) bond motifs is 1. The van der Waals surface area contributed by atoms with Crippen LogP contribution < -0.4 is 11.0 Å². The van der Waals surface area contributed by atoms with Crippen molar-refractivity contribution in [2.24, 2.45) is 0 Å². The maximum atomic E-state index is 12.2. The minimum absolute atomic E-state index is 0.0112. The van der Waals surface area contributed by atoms with Crippen molar-refractivity contribution in [3.63, 3.8) is 0 Å². The molecule has 0 spiro atoms. The zero-order valence-electron chi connectivity index (χ0n) is 12.9. The van der Waals surface area contributed by atoms with Crippen LogP contribution in [0.1, 0.15) is 20.8 Å². The highest BCUT2D eigenvalue weighted by Gasteiger charge is 2.18. The fourth-order valence-corrected chi connectivity index (χ4v) is 2.15. The summed E-state index contributed by atoms with van der Waals surface area (Å²) >= 11 is 0. The number of rotatable bonds is 5. The van der Waals surface area contributed by atoms with Crippen LogP contribution in [0.2, 0.25) is 0 Å². The van der Waals surface area contributed by atoms with Crippen LogP contribution in [0.5, 0.6) is 0 Å². The van der Waals surface area contributed by atoms with Crippen molar-refractivity contribution in [2.45, 2.75) is 6.54 Å². The molecule has 0 aliphatic carbocycles. The summed E-state index contributed by atoms with van der Waals surface area (Å²) in [5.74, 6) is 1.40. The third-order valence-electron chi connectivity index (χ3n) is 3.38. The van der Waals surface area contributed by atoms with E-state index in [0.717, 1.165) is 15.4 Å². The molecule has 0 aliphatic heterocycles. The van der Waals surface area contributed by atoms with E-state index in [0.29, 0.717) is 5.56 Å². The lowest BCUT2D eigenvalue weighted by Gasteiger charge is -2.03. The lowest BCUT2D eigenvalue weighted by atomic mass is 10.1. The predicted molar refractivity (Wildman–Crippen MR) is 87.0 cm³/mol. The van der Waals surface area contributed by atoms with Crippen LogP contribution in [0, 0.1) is 12.3 Å². The van der Waals surface area contributed by atoms with Crippen molar-refractivity contribution in [1.29, 1.82) is 0 Å². The van der Waals surface area contributed by atoms with Crippen LogP contribution in [0.3, 0.4) is 0 Å². The number of terminal acetylenes is 1. The van der Waals surface area contributed by atoms with E-state index < -0.39 is 11.6 Å². The quantitative estimate of drug-likeness (QED) is 0.498. The third-order valence-corrected chi connectivity index (χ3v) is 3.38. The number of hydrogen-bond donors (Lipinski definition) is 1. The van der Waals surface area contributed by atoms with Gasteiger partial charge in [-0.1, -0.05) is 41.5 Å². The molecule has 3 rings (SSSR count). The van der Waals surface area contributed by atoms with Gasteiger partial charge in [0.1, 0.15) is 12.9 Å². The minimum Gasteiger partial charge on any atom is -0.343 e. The highest BCUT2D eigenvalue weighted by molar-refractivity contribution is 6.03. The van der Waals surface area contributed by atoms with Crippen molar-refractivity contribution in [1.82, 2.24) is 29.7 Å². The first kappa shape index (κ1) is 16.1. The van der Waals surface area contributed by atoms with Gasteiger partial charge in [0.05, 0.1) is 6.54 Å². The number of nitrogens with one attached hydrogen (secondary N) is 1. The van der Waals surface area contributed by atoms with Crippen molar-refractivity contribution in [3.8, 4) is 12.3 Å². The molecule has 1 N–H and O–H groups in total. The SMILES string of the molecule is C#CCn1nnc2c(C(=O)NCC(=O)c3ccccc3)ncn2c1=O. The van der Waals surface area contributed by atoms with Crippen molar-refractivity contribution in [3.05, 3.63) is 58.4 Å². The molecule has 124 valence electrons. The molecule has 0 aliphatic rings. The molecule has 9 heteroatoms. The van der Waals surface area contributed by atoms with Crippen LogP contribution in [0.25, 0.3) is 5.65 Å². The number of imidazole rings is 1. The molecule has 3 aromatic rings. The van der Waals surface area contributed by atoms with Gasteiger partial charge in [-0.15, -0.1) is 11.5 Å². The minimum atomic E-state index is -0.629. The van der Waals surface area contributed by atoms with Gasteiger partial charge >= 0.3 is 5.69 Å². The number of aromatic nitrogens is 5. The number of nitrogens with zero attached hydrogens (tertiary/aromatic N) is 5. The summed E-state index contributed by atoms with van der Waals surface area (Å²) in [7, 11) is 0. The second-order valence-corrected chi connectivity index (χ2v) is 4.99. The zero-order valence-corrected chi connectivity index (χ0v) is 12.9. The fourth-order valence-electron chi connectivity index (χ4n) is 2.15. The monoisotopic (exact) mass is 336 g/mol. The van der Waals surface area contributed by atoms with E-state index in [1.54, 1.807) is 30.3 Å². The van der Waals surface area contributed by atoms with Gasteiger partial charge < -0.3 is 5.32 Å². The number of Topliss-reactive ketones (excluding diaryl/α,β-unsaturated/α-hetero) is 1. The normalized spacial score (nSPS) is 10.4. The Morgan fingerprint density at radius 1 is 1.24 bits per heavy atom. The lowest BCUT2D eigenvalue weighted by molar-refractivity contribution is 0.0902. The maximum absolute atomic E-state index is 12.2. The molecule has 1 amide bonds. The van der Waals surface area contributed by atoms with Gasteiger partial charge in [0, 0.05) is 5.56 Å². The Kier molecular flexibility index (Phi) is 4.34. The molecule has 2 aromatic heterocycles. The summed E-state index contributed by atoms with van der Waals surface area (Å²) in [6.07, 6.45) is 6.30. The smallest absolute Gasteiger partial charge is 0.343 e. The average molecular weight is 336 g/mol. The van der Waals surface area contributed by atoms with Crippen molar-refractivity contribution < 1.29 is 9.59 Å². The molecular formula is C16H12N6O3. The molecule has 9 nitrogen and oxygen atoms in total. The molecule has 25 heavy (non-hydrogen) atoms. The number of carbonyl (C=O) groups is 2. The van der Waals surface area contributed by atoms with Crippen LogP contribution in [-0.4, -0.2) is 42.6 Å². The Hall–Kier alpha value is -3.80. The highest BCUT2D eigenvalue weighted by atomic mass is 16.2. The van der Waals surface area contributed by atoms with Crippen LogP contribution in [0.15, 0.2) is 41.5 Å². The summed E-state index contributed by atoms with van der Waals surface area (Å²) in [6, 6.07) is 8.56. The molecule has 0 saturated heterocycles. The summed E-state index contributed by atoms with van der Waals surface area (Å²) in [6.45, 7) is -0.253. The first-order valence-electron chi connectivity index (χ1n) is 7.22. The lowest BCUT2D eigenvalue weighted by Crippen LogP contribution is -2.32. The van der Waals surface area contributed by atoms with Gasteiger partial charge in [-0.3, -0.25) is 9.59 Å². The van der Waals surface area contributed by atoms with Crippen molar-refractivity contribution >= 4 is 17.3 Å². The Balaban J connectivity index is 1.79. The molecular weight excluding hydrogens is 324 g/mol. The predicted octanol–water partition coefficient (Wildman–Crippen LogP) is -0.468. The van der Waals surface area contributed by atoms with E-state index in [1.807, 2.05) is 0 Å². The number of ketones is 1. The van der Waals surface area contributed by atoms with E-state index in [-0.39, 0.29) is 30.2 Å². The molecule has 1 aromatic carbocycles. The van der Waals surface area contributed by atoms with E-state index in [1.165, 1.54) is 0 Å². The van der Waals surface area contributed by atoms with E-state index in [9.17, 15) is 14.4 Å². The Labute approximate surface area is 141 Å². The van der Waals surface area contributed by atoms with Crippen LogP contribution >= 0.6 is 0 Å². The second-order valence-electron chi connectivity index (χ2n) is 4.99. The van der Waals surface area contributed by atoms with E-state index in [2.05, 4.69) is 26.5 Å². The Bertz CT molecular complexity index is 1050.